The smallest absolute Gasteiger partial charge is 0.132 e. The lowest BCUT2D eigenvalue weighted by atomic mass is 9.86. The lowest BCUT2D eigenvalue weighted by molar-refractivity contribution is -0.120. The molecule has 0 aliphatic heterocycles. The molecule has 1 aromatic carbocycles. The summed E-state index contributed by atoms with van der Waals surface area (Å²) in [6.45, 7) is 12.4. The zero-order valence-corrected chi connectivity index (χ0v) is 11.9. The maximum Gasteiger partial charge on any atom is 0.132 e. The lowest BCUT2D eigenvalue weighted by Gasteiger charge is -2.19. The fourth-order valence-electron chi connectivity index (χ4n) is 2.34. The molecule has 0 spiro atoms. The first-order valence-corrected chi connectivity index (χ1v) is 6.41. The van der Waals surface area contributed by atoms with Gasteiger partial charge < -0.3 is 0 Å². The maximum absolute atomic E-state index is 11.3. The third kappa shape index (κ3) is 3.42. The average Bonchev–Trinajstić information content (AvgIpc) is 2.22. The molecule has 0 bridgehead atoms. The van der Waals surface area contributed by atoms with E-state index in [1.54, 1.807) is 6.92 Å². The van der Waals surface area contributed by atoms with Gasteiger partial charge in [-0.05, 0) is 62.3 Å². The lowest BCUT2D eigenvalue weighted by Crippen LogP contribution is -2.11. The van der Waals surface area contributed by atoms with Crippen LogP contribution in [0.1, 0.15) is 55.4 Å². The number of carbonyl (C=O) groups excluding carboxylic acids is 1. The standard InChI is InChI=1S/C16H24O/c1-10-7-13(4)16(9-11(10)2)14(5)8-12(3)15(6)17/h7,9,12,14H,8H2,1-6H3. The largest absolute Gasteiger partial charge is 0.300 e. The Hall–Kier alpha value is -1.11. The fraction of sp³-hybridized carbons (Fsp3) is 0.562. The zero-order chi connectivity index (χ0) is 13.2. The normalized spacial score (nSPS) is 14.5. The monoisotopic (exact) mass is 232 g/mol. The number of hydrogen-bond donors (Lipinski definition) is 0. The van der Waals surface area contributed by atoms with Crippen LogP contribution in [-0.2, 0) is 4.79 Å². The van der Waals surface area contributed by atoms with E-state index in [1.165, 1.54) is 22.3 Å². The first-order chi connectivity index (χ1) is 7.82. The van der Waals surface area contributed by atoms with Crippen molar-refractivity contribution in [3.63, 3.8) is 0 Å². The summed E-state index contributed by atoms with van der Waals surface area (Å²) < 4.78 is 0. The molecule has 0 radical (unpaired) electrons. The van der Waals surface area contributed by atoms with Gasteiger partial charge in [0, 0.05) is 5.92 Å². The van der Waals surface area contributed by atoms with Crippen LogP contribution in [0, 0.1) is 26.7 Å². The minimum absolute atomic E-state index is 0.158. The molecule has 2 unspecified atom stereocenters. The molecule has 1 nitrogen and oxygen atoms in total. The zero-order valence-electron chi connectivity index (χ0n) is 11.9. The number of ketones is 1. The second-order valence-electron chi connectivity index (χ2n) is 5.44. The highest BCUT2D eigenvalue weighted by Crippen LogP contribution is 2.28. The van der Waals surface area contributed by atoms with Crippen LogP contribution in [-0.4, -0.2) is 5.78 Å². The summed E-state index contributed by atoms with van der Waals surface area (Å²) in [6.07, 6.45) is 0.943. The van der Waals surface area contributed by atoms with Crippen molar-refractivity contribution in [2.45, 2.75) is 53.9 Å². The molecule has 0 saturated heterocycles. The SMILES string of the molecule is CC(=O)C(C)CC(C)c1cc(C)c(C)cc1C. The number of carbonyl (C=O) groups is 1. The van der Waals surface area contributed by atoms with Gasteiger partial charge in [-0.2, -0.15) is 0 Å². The quantitative estimate of drug-likeness (QED) is 0.755. The molecule has 1 heteroatoms. The molecule has 0 aliphatic rings. The molecule has 0 heterocycles. The van der Waals surface area contributed by atoms with E-state index in [4.69, 9.17) is 0 Å². The molecule has 0 amide bonds. The molecule has 17 heavy (non-hydrogen) atoms. The van der Waals surface area contributed by atoms with Crippen LogP contribution in [0.4, 0.5) is 0 Å². The van der Waals surface area contributed by atoms with E-state index >= 15 is 0 Å². The van der Waals surface area contributed by atoms with Crippen molar-refractivity contribution in [2.24, 2.45) is 5.92 Å². The van der Waals surface area contributed by atoms with Gasteiger partial charge in [0.05, 0.1) is 0 Å². The number of benzene rings is 1. The number of Topliss-reactive ketones (excluding diaryl/α,β-unsaturated/α-hetero) is 1. The van der Waals surface area contributed by atoms with Gasteiger partial charge in [0.2, 0.25) is 0 Å². The van der Waals surface area contributed by atoms with Crippen LogP contribution in [0.15, 0.2) is 12.1 Å². The van der Waals surface area contributed by atoms with E-state index in [1.807, 2.05) is 6.92 Å². The van der Waals surface area contributed by atoms with Crippen LogP contribution in [0.2, 0.25) is 0 Å². The van der Waals surface area contributed by atoms with E-state index in [2.05, 4.69) is 39.8 Å². The Morgan fingerprint density at radius 3 is 2.12 bits per heavy atom. The predicted molar refractivity (Wildman–Crippen MR) is 73.5 cm³/mol. The summed E-state index contributed by atoms with van der Waals surface area (Å²) in [6, 6.07) is 4.53. The number of hydrogen-bond acceptors (Lipinski definition) is 1. The third-order valence-electron chi connectivity index (χ3n) is 3.81. The van der Waals surface area contributed by atoms with Crippen LogP contribution in [0.5, 0.6) is 0 Å². The van der Waals surface area contributed by atoms with Gasteiger partial charge in [-0.1, -0.05) is 26.0 Å². The Morgan fingerprint density at radius 2 is 1.59 bits per heavy atom. The number of rotatable bonds is 4. The molecule has 94 valence electrons. The second kappa shape index (κ2) is 5.48. The maximum atomic E-state index is 11.3. The van der Waals surface area contributed by atoms with Crippen molar-refractivity contribution in [3.8, 4) is 0 Å². The minimum atomic E-state index is 0.158. The van der Waals surface area contributed by atoms with E-state index in [0.717, 1.165) is 6.42 Å². The van der Waals surface area contributed by atoms with Crippen molar-refractivity contribution in [1.82, 2.24) is 0 Å². The average molecular weight is 232 g/mol. The van der Waals surface area contributed by atoms with Crippen molar-refractivity contribution in [3.05, 3.63) is 34.4 Å². The van der Waals surface area contributed by atoms with Gasteiger partial charge >= 0.3 is 0 Å². The predicted octanol–water partition coefficient (Wildman–Crippen LogP) is 4.33. The van der Waals surface area contributed by atoms with Gasteiger partial charge in [0.1, 0.15) is 5.78 Å². The van der Waals surface area contributed by atoms with Gasteiger partial charge in [0.25, 0.3) is 0 Å². The van der Waals surface area contributed by atoms with Crippen molar-refractivity contribution in [2.75, 3.05) is 0 Å². The van der Waals surface area contributed by atoms with Crippen molar-refractivity contribution >= 4 is 5.78 Å². The molecule has 2 atom stereocenters. The Bertz CT molecular complexity index is 418. The van der Waals surface area contributed by atoms with Gasteiger partial charge in [-0.25, -0.2) is 0 Å². The first-order valence-electron chi connectivity index (χ1n) is 6.41. The molecule has 0 N–H and O–H groups in total. The van der Waals surface area contributed by atoms with Crippen LogP contribution >= 0.6 is 0 Å². The number of aryl methyl sites for hydroxylation is 3. The van der Waals surface area contributed by atoms with E-state index in [-0.39, 0.29) is 5.92 Å². The Morgan fingerprint density at radius 1 is 1.06 bits per heavy atom. The Kier molecular flexibility index (Phi) is 4.50. The van der Waals surface area contributed by atoms with Gasteiger partial charge in [0.15, 0.2) is 0 Å². The van der Waals surface area contributed by atoms with Crippen LogP contribution in [0.25, 0.3) is 0 Å². The van der Waals surface area contributed by atoms with Crippen molar-refractivity contribution < 1.29 is 4.79 Å². The molecule has 0 fully saturated rings. The summed E-state index contributed by atoms with van der Waals surface area (Å²) in [7, 11) is 0. The Balaban J connectivity index is 2.92. The molecule has 0 saturated carbocycles. The van der Waals surface area contributed by atoms with Gasteiger partial charge in [-0.15, -0.1) is 0 Å². The summed E-state index contributed by atoms with van der Waals surface area (Å²) in [5.74, 6) is 0.901. The third-order valence-corrected chi connectivity index (χ3v) is 3.81. The Labute approximate surface area is 105 Å². The molecule has 0 aliphatic carbocycles. The molecule has 1 aromatic rings. The minimum Gasteiger partial charge on any atom is -0.300 e. The fourth-order valence-corrected chi connectivity index (χ4v) is 2.34. The topological polar surface area (TPSA) is 17.1 Å². The van der Waals surface area contributed by atoms with E-state index in [0.29, 0.717) is 11.7 Å². The highest BCUT2D eigenvalue weighted by Gasteiger charge is 2.16. The van der Waals surface area contributed by atoms with Crippen LogP contribution < -0.4 is 0 Å². The summed E-state index contributed by atoms with van der Waals surface area (Å²) >= 11 is 0. The van der Waals surface area contributed by atoms with E-state index in [9.17, 15) is 4.79 Å². The molecular weight excluding hydrogens is 208 g/mol. The van der Waals surface area contributed by atoms with E-state index < -0.39 is 0 Å². The summed E-state index contributed by atoms with van der Waals surface area (Å²) in [5, 5.41) is 0. The van der Waals surface area contributed by atoms with Gasteiger partial charge in [-0.3, -0.25) is 4.79 Å². The summed E-state index contributed by atoms with van der Waals surface area (Å²) in [5.41, 5.74) is 5.42. The van der Waals surface area contributed by atoms with Crippen LogP contribution in [0.3, 0.4) is 0 Å². The molecular formula is C16H24O. The second-order valence-corrected chi connectivity index (χ2v) is 5.44. The van der Waals surface area contributed by atoms with Crippen molar-refractivity contribution in [1.29, 1.82) is 0 Å². The highest BCUT2D eigenvalue weighted by molar-refractivity contribution is 5.77. The summed E-state index contributed by atoms with van der Waals surface area (Å²) in [4.78, 5) is 11.3. The molecule has 1 rings (SSSR count). The first kappa shape index (κ1) is 14.0. The molecule has 0 aromatic heterocycles. The highest BCUT2D eigenvalue weighted by atomic mass is 16.1.